The highest BCUT2D eigenvalue weighted by Crippen LogP contribution is 2.15. The number of carbonyl (C=O) groups is 1. The van der Waals surface area contributed by atoms with Gasteiger partial charge in [-0.1, -0.05) is 25.1 Å². The second kappa shape index (κ2) is 6.29. The molecule has 1 atom stereocenters. The molecule has 100 valence electrons. The Balaban J connectivity index is 2.13. The number of rotatable bonds is 5. The number of nitrogens with zero attached hydrogens (tertiary/aromatic N) is 1. The largest absolute Gasteiger partial charge is 0.352 e. The minimum Gasteiger partial charge on any atom is -0.352 e. The molecule has 4 heteroatoms. The number of fused-ring (bicyclic) bond motifs is 1. The average Bonchev–Trinajstić information content (AvgIpc) is 2.44. The van der Waals surface area contributed by atoms with Crippen molar-refractivity contribution in [1.29, 1.82) is 0 Å². The smallest absolute Gasteiger partial charge is 0.252 e. The number of para-hydroxylation sites is 1. The number of aromatic nitrogens is 1. The molecule has 0 spiro atoms. The molecule has 1 aromatic carbocycles. The summed E-state index contributed by atoms with van der Waals surface area (Å²) in [7, 11) is 1.91. The van der Waals surface area contributed by atoms with Crippen LogP contribution in [0.4, 0.5) is 0 Å². The molecule has 0 fully saturated rings. The average molecular weight is 257 g/mol. The van der Waals surface area contributed by atoms with Crippen LogP contribution in [0, 0.1) is 5.92 Å². The Kier molecular flexibility index (Phi) is 4.47. The van der Waals surface area contributed by atoms with Crippen molar-refractivity contribution < 1.29 is 4.79 Å². The van der Waals surface area contributed by atoms with Gasteiger partial charge in [0.1, 0.15) is 0 Å². The van der Waals surface area contributed by atoms with Crippen LogP contribution in [0.5, 0.6) is 0 Å². The summed E-state index contributed by atoms with van der Waals surface area (Å²) in [4.78, 5) is 16.5. The fraction of sp³-hybridized carbons (Fsp3) is 0.333. The van der Waals surface area contributed by atoms with Crippen molar-refractivity contribution in [2.24, 2.45) is 5.92 Å². The monoisotopic (exact) mass is 257 g/mol. The standard InChI is InChI=1S/C15H19N3O/c1-11(9-16-2)10-18-15(19)13-7-8-17-14-6-4-3-5-12(13)14/h3-8,11,16H,9-10H2,1-2H3,(H,18,19). The minimum atomic E-state index is -0.0402. The first-order chi connectivity index (χ1) is 9.22. The Morgan fingerprint density at radius 1 is 1.26 bits per heavy atom. The zero-order valence-corrected chi connectivity index (χ0v) is 11.3. The van der Waals surface area contributed by atoms with Gasteiger partial charge in [0.2, 0.25) is 0 Å². The Labute approximate surface area is 113 Å². The lowest BCUT2D eigenvalue weighted by atomic mass is 10.1. The molecule has 1 heterocycles. The fourth-order valence-electron chi connectivity index (χ4n) is 2.08. The van der Waals surface area contributed by atoms with Crippen molar-refractivity contribution >= 4 is 16.8 Å². The first kappa shape index (κ1) is 13.5. The molecular weight excluding hydrogens is 238 g/mol. The first-order valence-electron chi connectivity index (χ1n) is 6.49. The molecule has 2 rings (SSSR count). The Hall–Kier alpha value is -1.94. The van der Waals surface area contributed by atoms with Gasteiger partial charge in [-0.2, -0.15) is 0 Å². The molecule has 0 aliphatic rings. The maximum absolute atomic E-state index is 12.2. The molecule has 0 aliphatic heterocycles. The number of hydrogen-bond acceptors (Lipinski definition) is 3. The van der Waals surface area contributed by atoms with Gasteiger partial charge in [-0.3, -0.25) is 9.78 Å². The zero-order chi connectivity index (χ0) is 13.7. The van der Waals surface area contributed by atoms with E-state index in [4.69, 9.17) is 0 Å². The van der Waals surface area contributed by atoms with Gasteiger partial charge in [-0.15, -0.1) is 0 Å². The van der Waals surface area contributed by atoms with E-state index in [0.29, 0.717) is 18.0 Å². The van der Waals surface area contributed by atoms with Crippen LogP contribution >= 0.6 is 0 Å². The van der Waals surface area contributed by atoms with Gasteiger partial charge in [-0.25, -0.2) is 0 Å². The minimum absolute atomic E-state index is 0.0402. The van der Waals surface area contributed by atoms with Crippen molar-refractivity contribution in [3.05, 3.63) is 42.1 Å². The van der Waals surface area contributed by atoms with E-state index in [0.717, 1.165) is 17.4 Å². The van der Waals surface area contributed by atoms with Crippen LogP contribution in [0.3, 0.4) is 0 Å². The van der Waals surface area contributed by atoms with Gasteiger partial charge in [-0.05, 0) is 31.6 Å². The van der Waals surface area contributed by atoms with Crippen LogP contribution in [0.1, 0.15) is 17.3 Å². The predicted molar refractivity (Wildman–Crippen MR) is 77.2 cm³/mol. The summed E-state index contributed by atoms with van der Waals surface area (Å²) in [5.41, 5.74) is 1.53. The lowest BCUT2D eigenvalue weighted by molar-refractivity contribution is 0.0949. The lowest BCUT2D eigenvalue weighted by Crippen LogP contribution is -2.32. The van der Waals surface area contributed by atoms with Crippen molar-refractivity contribution in [1.82, 2.24) is 15.6 Å². The number of carbonyl (C=O) groups excluding carboxylic acids is 1. The molecule has 0 saturated heterocycles. The number of benzene rings is 1. The maximum atomic E-state index is 12.2. The van der Waals surface area contributed by atoms with E-state index in [2.05, 4.69) is 22.5 Å². The predicted octanol–water partition coefficient (Wildman–Crippen LogP) is 1.82. The Bertz CT molecular complexity index is 563. The van der Waals surface area contributed by atoms with Gasteiger partial charge in [0, 0.05) is 18.1 Å². The number of nitrogens with one attached hydrogen (secondary N) is 2. The third-order valence-electron chi connectivity index (χ3n) is 3.06. The van der Waals surface area contributed by atoms with Gasteiger partial charge < -0.3 is 10.6 Å². The van der Waals surface area contributed by atoms with Gasteiger partial charge in [0.05, 0.1) is 11.1 Å². The van der Waals surface area contributed by atoms with Crippen LogP contribution in [-0.4, -0.2) is 31.0 Å². The summed E-state index contributed by atoms with van der Waals surface area (Å²) in [5.74, 6) is 0.364. The quantitative estimate of drug-likeness (QED) is 0.859. The van der Waals surface area contributed by atoms with Crippen molar-refractivity contribution in [2.45, 2.75) is 6.92 Å². The lowest BCUT2D eigenvalue weighted by Gasteiger charge is -2.12. The van der Waals surface area contributed by atoms with E-state index in [9.17, 15) is 4.79 Å². The fourth-order valence-corrected chi connectivity index (χ4v) is 2.08. The third-order valence-corrected chi connectivity index (χ3v) is 3.06. The summed E-state index contributed by atoms with van der Waals surface area (Å²) in [6.07, 6.45) is 1.67. The SMILES string of the molecule is CNCC(C)CNC(=O)c1ccnc2ccccc12. The summed E-state index contributed by atoms with van der Waals surface area (Å²) in [6, 6.07) is 9.45. The van der Waals surface area contributed by atoms with Crippen molar-refractivity contribution in [2.75, 3.05) is 20.1 Å². The van der Waals surface area contributed by atoms with Crippen LogP contribution in [-0.2, 0) is 0 Å². The molecule has 0 bridgehead atoms. The van der Waals surface area contributed by atoms with Crippen molar-refractivity contribution in [3.63, 3.8) is 0 Å². The highest BCUT2D eigenvalue weighted by Gasteiger charge is 2.10. The molecule has 19 heavy (non-hydrogen) atoms. The molecule has 2 N–H and O–H groups in total. The van der Waals surface area contributed by atoms with Gasteiger partial charge >= 0.3 is 0 Å². The van der Waals surface area contributed by atoms with E-state index in [1.807, 2.05) is 31.3 Å². The summed E-state index contributed by atoms with van der Waals surface area (Å²) in [6.45, 7) is 3.65. The second-order valence-electron chi connectivity index (χ2n) is 4.75. The van der Waals surface area contributed by atoms with E-state index < -0.39 is 0 Å². The maximum Gasteiger partial charge on any atom is 0.252 e. The molecule has 0 radical (unpaired) electrons. The van der Waals surface area contributed by atoms with Gasteiger partial charge in [0.25, 0.3) is 5.91 Å². The van der Waals surface area contributed by atoms with Crippen LogP contribution in [0.15, 0.2) is 36.5 Å². The normalized spacial score (nSPS) is 12.3. The van der Waals surface area contributed by atoms with E-state index in [1.54, 1.807) is 12.3 Å². The van der Waals surface area contributed by atoms with Crippen LogP contribution in [0.2, 0.25) is 0 Å². The summed E-state index contributed by atoms with van der Waals surface area (Å²) >= 11 is 0. The molecule has 1 amide bonds. The molecule has 2 aromatic rings. The molecule has 1 unspecified atom stereocenters. The summed E-state index contributed by atoms with van der Waals surface area (Å²) < 4.78 is 0. The third kappa shape index (κ3) is 3.29. The van der Waals surface area contributed by atoms with Crippen molar-refractivity contribution in [3.8, 4) is 0 Å². The van der Waals surface area contributed by atoms with Crippen LogP contribution in [0.25, 0.3) is 10.9 Å². The Morgan fingerprint density at radius 3 is 2.84 bits per heavy atom. The highest BCUT2D eigenvalue weighted by atomic mass is 16.1. The highest BCUT2D eigenvalue weighted by molar-refractivity contribution is 6.05. The Morgan fingerprint density at radius 2 is 2.05 bits per heavy atom. The number of amides is 1. The number of pyridine rings is 1. The van der Waals surface area contributed by atoms with E-state index in [1.165, 1.54) is 0 Å². The van der Waals surface area contributed by atoms with Gasteiger partial charge in [0.15, 0.2) is 0 Å². The van der Waals surface area contributed by atoms with Crippen LogP contribution < -0.4 is 10.6 Å². The molecular formula is C15H19N3O. The molecule has 0 saturated carbocycles. The second-order valence-corrected chi connectivity index (χ2v) is 4.75. The molecule has 4 nitrogen and oxygen atoms in total. The van der Waals surface area contributed by atoms with E-state index in [-0.39, 0.29) is 5.91 Å². The zero-order valence-electron chi connectivity index (χ0n) is 11.3. The van der Waals surface area contributed by atoms with E-state index >= 15 is 0 Å². The number of hydrogen-bond donors (Lipinski definition) is 2. The summed E-state index contributed by atoms with van der Waals surface area (Å²) in [5, 5.41) is 6.96. The first-order valence-corrected chi connectivity index (χ1v) is 6.49. The molecule has 1 aromatic heterocycles. The molecule has 0 aliphatic carbocycles. The topological polar surface area (TPSA) is 54.0 Å².